The lowest BCUT2D eigenvalue weighted by Crippen LogP contribution is -2.49. The Kier molecular flexibility index (Phi) is 4.51. The molecule has 0 amide bonds. The predicted molar refractivity (Wildman–Crippen MR) is 107 cm³/mol. The fourth-order valence-electron chi connectivity index (χ4n) is 4.34. The number of aliphatic hydroxyl groups excluding tert-OH is 1. The highest BCUT2D eigenvalue weighted by molar-refractivity contribution is 7.81. The van der Waals surface area contributed by atoms with E-state index < -0.39 is 18.2 Å². The molecule has 3 aliphatic carbocycles. The Morgan fingerprint density at radius 1 is 1.43 bits per heavy atom. The van der Waals surface area contributed by atoms with E-state index in [1.165, 1.54) is 0 Å². The first-order valence-corrected chi connectivity index (χ1v) is 9.78. The van der Waals surface area contributed by atoms with Crippen LogP contribution < -0.4 is 0 Å². The second kappa shape index (κ2) is 6.64. The second-order valence-corrected chi connectivity index (χ2v) is 8.50. The molecule has 0 bridgehead atoms. The molecule has 0 radical (unpaired) electrons. The van der Waals surface area contributed by atoms with Crippen LogP contribution in [0.2, 0.25) is 0 Å². The molecule has 1 heterocycles. The Balaban J connectivity index is 1.65. The van der Waals surface area contributed by atoms with Crippen molar-refractivity contribution in [2.75, 3.05) is 0 Å². The Morgan fingerprint density at radius 3 is 2.89 bits per heavy atom. The van der Waals surface area contributed by atoms with Crippen molar-refractivity contribution in [3.63, 3.8) is 0 Å². The number of hydrogen-bond acceptors (Lipinski definition) is 6. The molecule has 6 heteroatoms. The third-order valence-corrected chi connectivity index (χ3v) is 6.79. The van der Waals surface area contributed by atoms with Gasteiger partial charge in [-0.15, -0.1) is 0 Å². The SMILES string of the molecule is CC1=C2C[C@@]3(C)C(=C[C@@H](O)[C@H](OC(=O)C4=CC=CCC4=S)[C@@H]3C)C=C2OC1=O. The van der Waals surface area contributed by atoms with Crippen molar-refractivity contribution in [2.24, 2.45) is 11.3 Å². The van der Waals surface area contributed by atoms with Gasteiger partial charge in [-0.05, 0) is 37.1 Å². The summed E-state index contributed by atoms with van der Waals surface area (Å²) in [4.78, 5) is 25.2. The van der Waals surface area contributed by atoms with Crippen LogP contribution in [0.1, 0.15) is 33.6 Å². The lowest BCUT2D eigenvalue weighted by molar-refractivity contribution is -0.156. The van der Waals surface area contributed by atoms with Crippen LogP contribution in [-0.4, -0.2) is 34.1 Å². The molecule has 1 N–H and O–H groups in total. The summed E-state index contributed by atoms with van der Waals surface area (Å²) in [6, 6.07) is 0. The molecule has 0 unspecified atom stereocenters. The van der Waals surface area contributed by atoms with E-state index in [0.717, 1.165) is 11.1 Å². The topological polar surface area (TPSA) is 72.8 Å². The van der Waals surface area contributed by atoms with Crippen LogP contribution in [0.4, 0.5) is 0 Å². The van der Waals surface area contributed by atoms with Crippen LogP contribution in [0.5, 0.6) is 0 Å². The molecule has 0 aromatic heterocycles. The first-order chi connectivity index (χ1) is 13.2. The number of carbonyl (C=O) groups excluding carboxylic acids is 2. The minimum absolute atomic E-state index is 0.173. The van der Waals surface area contributed by atoms with Crippen molar-refractivity contribution in [3.8, 4) is 0 Å². The quantitative estimate of drug-likeness (QED) is 0.569. The Bertz CT molecular complexity index is 948. The highest BCUT2D eigenvalue weighted by Gasteiger charge is 2.50. The third kappa shape index (κ3) is 2.83. The molecule has 0 spiro atoms. The number of esters is 2. The first-order valence-electron chi connectivity index (χ1n) is 9.37. The van der Waals surface area contributed by atoms with E-state index in [4.69, 9.17) is 21.7 Å². The van der Waals surface area contributed by atoms with Gasteiger partial charge in [-0.1, -0.05) is 38.2 Å². The summed E-state index contributed by atoms with van der Waals surface area (Å²) < 4.78 is 11.1. The molecule has 5 nitrogen and oxygen atoms in total. The highest BCUT2D eigenvalue weighted by Crippen LogP contribution is 2.53. The number of aliphatic hydroxyl groups is 1. The number of thiocarbonyl (C=S) groups is 1. The fraction of sp³-hybridized carbons (Fsp3) is 0.409. The largest absolute Gasteiger partial charge is 0.455 e. The highest BCUT2D eigenvalue weighted by atomic mass is 32.1. The maximum atomic E-state index is 12.7. The van der Waals surface area contributed by atoms with Crippen molar-refractivity contribution in [3.05, 3.63) is 58.4 Å². The molecule has 4 aliphatic rings. The van der Waals surface area contributed by atoms with Crippen LogP contribution in [-0.2, 0) is 19.1 Å². The Hall–Kier alpha value is -2.31. The van der Waals surface area contributed by atoms with E-state index in [9.17, 15) is 14.7 Å². The van der Waals surface area contributed by atoms with Crippen molar-refractivity contribution in [2.45, 2.75) is 45.8 Å². The monoisotopic (exact) mass is 398 g/mol. The summed E-state index contributed by atoms with van der Waals surface area (Å²) in [5, 5.41) is 10.7. The number of allylic oxidation sites excluding steroid dienone is 6. The molecule has 1 aliphatic heterocycles. The Morgan fingerprint density at radius 2 is 2.18 bits per heavy atom. The molecule has 0 aromatic rings. The van der Waals surface area contributed by atoms with Gasteiger partial charge >= 0.3 is 11.9 Å². The Labute approximate surface area is 169 Å². The third-order valence-electron chi connectivity index (χ3n) is 6.40. The number of ether oxygens (including phenoxy) is 2. The van der Waals surface area contributed by atoms with E-state index in [-0.39, 0.29) is 17.3 Å². The smallest absolute Gasteiger partial charge is 0.339 e. The fourth-order valence-corrected chi connectivity index (χ4v) is 4.59. The van der Waals surface area contributed by atoms with Gasteiger partial charge in [0.25, 0.3) is 0 Å². The predicted octanol–water partition coefficient (Wildman–Crippen LogP) is 3.26. The van der Waals surface area contributed by atoms with Crippen molar-refractivity contribution >= 4 is 29.0 Å². The van der Waals surface area contributed by atoms with E-state index in [0.29, 0.717) is 34.6 Å². The van der Waals surface area contributed by atoms with Crippen LogP contribution in [0, 0.1) is 11.3 Å². The average molecular weight is 398 g/mol. The molecular weight excluding hydrogens is 376 g/mol. The van der Waals surface area contributed by atoms with Gasteiger partial charge in [-0.3, -0.25) is 0 Å². The van der Waals surface area contributed by atoms with Gasteiger partial charge in [0.15, 0.2) is 0 Å². The first kappa shape index (κ1) is 19.0. The van der Waals surface area contributed by atoms with E-state index >= 15 is 0 Å². The van der Waals surface area contributed by atoms with Crippen molar-refractivity contribution in [1.29, 1.82) is 0 Å². The lowest BCUT2D eigenvalue weighted by atomic mass is 9.60. The van der Waals surface area contributed by atoms with Gasteiger partial charge in [-0.25, -0.2) is 9.59 Å². The minimum atomic E-state index is -0.948. The minimum Gasteiger partial charge on any atom is -0.455 e. The maximum Gasteiger partial charge on any atom is 0.339 e. The number of hydrogen-bond donors (Lipinski definition) is 1. The molecule has 0 saturated carbocycles. The van der Waals surface area contributed by atoms with Gasteiger partial charge in [0.05, 0.1) is 5.57 Å². The number of rotatable bonds is 2. The second-order valence-electron chi connectivity index (χ2n) is 8.00. The van der Waals surface area contributed by atoms with Gasteiger partial charge in [0.1, 0.15) is 18.0 Å². The average Bonchev–Trinajstić information content (AvgIpc) is 2.92. The summed E-state index contributed by atoms with van der Waals surface area (Å²) in [5.74, 6) is -0.447. The van der Waals surface area contributed by atoms with Crippen molar-refractivity contribution < 1.29 is 24.2 Å². The summed E-state index contributed by atoms with van der Waals surface area (Å²) in [6.07, 6.45) is 8.34. The van der Waals surface area contributed by atoms with E-state index in [1.807, 2.05) is 19.1 Å². The zero-order chi connectivity index (χ0) is 20.2. The molecular formula is C22H22O5S. The molecule has 0 fully saturated rings. The van der Waals surface area contributed by atoms with Crippen LogP contribution in [0.3, 0.4) is 0 Å². The van der Waals surface area contributed by atoms with Crippen LogP contribution in [0.25, 0.3) is 0 Å². The molecule has 0 aromatic carbocycles. The molecule has 28 heavy (non-hydrogen) atoms. The standard InChI is InChI=1S/C22H22O5S/c1-11-15-10-22(3)12(2)19(27-21(25)14-6-4-5-7-18(14)28)16(23)8-13(22)9-17(15)26-20(11)24/h4-6,8-9,12,16,19,23H,7,10H2,1-3H3/t12-,16+,19+,22+/m0/s1. The van der Waals surface area contributed by atoms with Crippen LogP contribution in [0.15, 0.2) is 58.4 Å². The zero-order valence-electron chi connectivity index (χ0n) is 16.0. The summed E-state index contributed by atoms with van der Waals surface area (Å²) in [5.41, 5.74) is 2.38. The van der Waals surface area contributed by atoms with Gasteiger partial charge in [0, 0.05) is 33.8 Å². The summed E-state index contributed by atoms with van der Waals surface area (Å²) >= 11 is 5.27. The van der Waals surface area contributed by atoms with Crippen LogP contribution >= 0.6 is 12.2 Å². The summed E-state index contributed by atoms with van der Waals surface area (Å²) in [7, 11) is 0. The molecule has 146 valence electrons. The molecule has 4 atom stereocenters. The lowest BCUT2D eigenvalue weighted by Gasteiger charge is -2.47. The van der Waals surface area contributed by atoms with E-state index in [1.54, 1.807) is 25.2 Å². The zero-order valence-corrected chi connectivity index (χ0v) is 16.8. The van der Waals surface area contributed by atoms with Gasteiger partial charge in [0.2, 0.25) is 0 Å². The normalized spacial score (nSPS) is 34.1. The maximum absolute atomic E-state index is 12.7. The van der Waals surface area contributed by atoms with Gasteiger partial charge in [-0.2, -0.15) is 0 Å². The van der Waals surface area contributed by atoms with E-state index in [2.05, 4.69) is 6.92 Å². The van der Waals surface area contributed by atoms with Crippen molar-refractivity contribution in [1.82, 2.24) is 0 Å². The number of fused-ring (bicyclic) bond motifs is 2. The number of carbonyl (C=O) groups is 2. The molecule has 0 saturated heterocycles. The van der Waals surface area contributed by atoms with Gasteiger partial charge < -0.3 is 14.6 Å². The summed E-state index contributed by atoms with van der Waals surface area (Å²) in [6.45, 7) is 5.80. The molecule has 4 rings (SSSR count).